The van der Waals surface area contributed by atoms with E-state index in [1.165, 1.54) is 0 Å². The molecular formula is C12H15N3O. The normalized spacial score (nSPS) is 10.3. The Morgan fingerprint density at radius 1 is 1.38 bits per heavy atom. The topological polar surface area (TPSA) is 55.3 Å². The number of nitrogen functional groups attached to an aromatic ring is 1. The van der Waals surface area contributed by atoms with Crippen LogP contribution in [-0.4, -0.2) is 11.5 Å². The second-order valence-electron chi connectivity index (χ2n) is 3.53. The van der Waals surface area contributed by atoms with Gasteiger partial charge in [0.05, 0.1) is 24.7 Å². The van der Waals surface area contributed by atoms with Gasteiger partial charge in [0, 0.05) is 6.54 Å². The summed E-state index contributed by atoms with van der Waals surface area (Å²) < 4.78 is 5.32. The average molecular weight is 217 g/mol. The summed E-state index contributed by atoms with van der Waals surface area (Å²) in [5.41, 5.74) is 6.61. The van der Waals surface area contributed by atoms with Crippen LogP contribution in [-0.2, 0) is 6.54 Å². The zero-order valence-electron chi connectivity index (χ0n) is 9.26. The minimum absolute atomic E-state index is 0.540. The van der Waals surface area contributed by atoms with Crippen molar-refractivity contribution >= 4 is 11.5 Å². The van der Waals surface area contributed by atoms with E-state index < -0.39 is 0 Å². The fourth-order valence-corrected chi connectivity index (χ4v) is 1.56. The molecule has 0 bridgehead atoms. The van der Waals surface area contributed by atoms with E-state index >= 15 is 0 Å². The van der Waals surface area contributed by atoms with Crippen LogP contribution in [0, 0.1) is 0 Å². The number of nitrogens with two attached hydrogens (primary N) is 1. The highest BCUT2D eigenvalue weighted by Crippen LogP contribution is 2.16. The first kappa shape index (κ1) is 10.5. The molecule has 0 atom stereocenters. The highest BCUT2D eigenvalue weighted by molar-refractivity contribution is 5.47. The molecule has 0 aliphatic rings. The summed E-state index contributed by atoms with van der Waals surface area (Å²) in [6, 6.07) is 7.63. The van der Waals surface area contributed by atoms with Crippen LogP contribution in [0.3, 0.4) is 0 Å². The molecule has 4 nitrogen and oxygen atoms in total. The largest absolute Gasteiger partial charge is 0.467 e. The summed E-state index contributed by atoms with van der Waals surface area (Å²) in [6.45, 7) is 3.74. The van der Waals surface area contributed by atoms with Gasteiger partial charge in [0.1, 0.15) is 11.6 Å². The second-order valence-corrected chi connectivity index (χ2v) is 3.53. The molecule has 2 aromatic rings. The minimum Gasteiger partial charge on any atom is -0.467 e. The van der Waals surface area contributed by atoms with E-state index in [-0.39, 0.29) is 0 Å². The summed E-state index contributed by atoms with van der Waals surface area (Å²) >= 11 is 0. The van der Waals surface area contributed by atoms with Crippen molar-refractivity contribution in [3.05, 3.63) is 42.5 Å². The van der Waals surface area contributed by atoms with E-state index in [2.05, 4.69) is 16.8 Å². The third-order valence-corrected chi connectivity index (χ3v) is 2.44. The van der Waals surface area contributed by atoms with Crippen LogP contribution in [0.5, 0.6) is 0 Å². The van der Waals surface area contributed by atoms with Gasteiger partial charge in [-0.3, -0.25) is 0 Å². The number of anilines is 2. The fraction of sp³-hybridized carbons (Fsp3) is 0.250. The number of hydrogen-bond acceptors (Lipinski definition) is 4. The first-order chi connectivity index (χ1) is 7.79. The Morgan fingerprint density at radius 3 is 2.81 bits per heavy atom. The third kappa shape index (κ3) is 2.34. The molecule has 0 unspecified atom stereocenters. The molecule has 84 valence electrons. The van der Waals surface area contributed by atoms with E-state index in [4.69, 9.17) is 10.2 Å². The Hall–Kier alpha value is -1.97. The van der Waals surface area contributed by atoms with Crippen molar-refractivity contribution in [1.82, 2.24) is 4.98 Å². The summed E-state index contributed by atoms with van der Waals surface area (Å²) in [5.74, 6) is 1.48. The Balaban J connectivity index is 2.13. The molecule has 2 N–H and O–H groups in total. The van der Waals surface area contributed by atoms with Crippen LogP contribution < -0.4 is 10.6 Å². The lowest BCUT2D eigenvalue weighted by atomic mass is 10.3. The number of furan rings is 1. The maximum Gasteiger partial charge on any atom is 0.123 e. The molecule has 0 spiro atoms. The highest BCUT2D eigenvalue weighted by atomic mass is 16.3. The smallest absolute Gasteiger partial charge is 0.123 e. The van der Waals surface area contributed by atoms with Crippen molar-refractivity contribution in [1.29, 1.82) is 0 Å². The van der Waals surface area contributed by atoms with Crippen LogP contribution >= 0.6 is 0 Å². The summed E-state index contributed by atoms with van der Waals surface area (Å²) in [7, 11) is 0. The first-order valence-electron chi connectivity index (χ1n) is 5.28. The summed E-state index contributed by atoms with van der Waals surface area (Å²) in [5, 5.41) is 0. The average Bonchev–Trinajstić information content (AvgIpc) is 2.80. The zero-order valence-corrected chi connectivity index (χ0v) is 9.26. The van der Waals surface area contributed by atoms with Crippen LogP contribution in [0.2, 0.25) is 0 Å². The molecule has 0 fully saturated rings. The highest BCUT2D eigenvalue weighted by Gasteiger charge is 2.06. The molecule has 0 saturated carbocycles. The quantitative estimate of drug-likeness (QED) is 0.853. The maximum atomic E-state index is 5.56. The van der Waals surface area contributed by atoms with E-state index in [1.807, 2.05) is 18.2 Å². The predicted molar refractivity (Wildman–Crippen MR) is 64.1 cm³/mol. The van der Waals surface area contributed by atoms with Gasteiger partial charge in [-0.1, -0.05) is 0 Å². The lowest BCUT2D eigenvalue weighted by molar-refractivity contribution is 0.503. The number of aromatic nitrogens is 1. The zero-order chi connectivity index (χ0) is 11.4. The van der Waals surface area contributed by atoms with Gasteiger partial charge in [-0.25, -0.2) is 4.98 Å². The van der Waals surface area contributed by atoms with Crippen LogP contribution in [0.25, 0.3) is 0 Å². The standard InChI is InChI=1S/C12H15N3O/c1-2-15(9-11-4-3-7-16-11)10-5-6-12(13)14-8-10/h3-8H,2,9H2,1H3,(H2,13,14). The Bertz CT molecular complexity index is 422. The number of nitrogens with zero attached hydrogens (tertiary/aromatic N) is 2. The van der Waals surface area contributed by atoms with Crippen LogP contribution in [0.15, 0.2) is 41.1 Å². The second kappa shape index (κ2) is 4.70. The minimum atomic E-state index is 0.540. The van der Waals surface area contributed by atoms with Crippen LogP contribution in [0.1, 0.15) is 12.7 Å². The molecule has 0 amide bonds. The van der Waals surface area contributed by atoms with Crippen molar-refractivity contribution in [3.63, 3.8) is 0 Å². The Kier molecular flexibility index (Phi) is 3.10. The first-order valence-corrected chi connectivity index (χ1v) is 5.28. The van der Waals surface area contributed by atoms with Crippen molar-refractivity contribution in [2.75, 3.05) is 17.2 Å². The molecule has 0 aromatic carbocycles. The van der Waals surface area contributed by atoms with E-state index in [9.17, 15) is 0 Å². The van der Waals surface area contributed by atoms with Gasteiger partial charge >= 0.3 is 0 Å². The SMILES string of the molecule is CCN(Cc1ccco1)c1ccc(N)nc1. The van der Waals surface area contributed by atoms with E-state index in [1.54, 1.807) is 18.5 Å². The van der Waals surface area contributed by atoms with Gasteiger partial charge in [-0.2, -0.15) is 0 Å². The van der Waals surface area contributed by atoms with Gasteiger partial charge < -0.3 is 15.1 Å². The molecule has 4 heteroatoms. The molecule has 0 aliphatic carbocycles. The van der Waals surface area contributed by atoms with Crippen molar-refractivity contribution in [2.24, 2.45) is 0 Å². The maximum absolute atomic E-state index is 5.56. The van der Waals surface area contributed by atoms with Crippen LogP contribution in [0.4, 0.5) is 11.5 Å². The number of hydrogen-bond donors (Lipinski definition) is 1. The molecule has 0 saturated heterocycles. The molecule has 2 rings (SSSR count). The lowest BCUT2D eigenvalue weighted by Crippen LogP contribution is -2.21. The Morgan fingerprint density at radius 2 is 2.25 bits per heavy atom. The molecule has 2 heterocycles. The van der Waals surface area contributed by atoms with Crippen molar-refractivity contribution < 1.29 is 4.42 Å². The third-order valence-electron chi connectivity index (χ3n) is 2.44. The number of pyridine rings is 1. The van der Waals surface area contributed by atoms with E-state index in [0.717, 1.165) is 24.5 Å². The van der Waals surface area contributed by atoms with Crippen molar-refractivity contribution in [2.45, 2.75) is 13.5 Å². The predicted octanol–water partition coefficient (Wildman–Crippen LogP) is 2.28. The Labute approximate surface area is 94.7 Å². The summed E-state index contributed by atoms with van der Waals surface area (Å²) in [4.78, 5) is 6.25. The molecule has 0 aliphatic heterocycles. The monoisotopic (exact) mass is 217 g/mol. The lowest BCUT2D eigenvalue weighted by Gasteiger charge is -2.21. The van der Waals surface area contributed by atoms with Gasteiger partial charge in [0.2, 0.25) is 0 Å². The number of rotatable bonds is 4. The molecule has 0 radical (unpaired) electrons. The fourth-order valence-electron chi connectivity index (χ4n) is 1.56. The molecule has 2 aromatic heterocycles. The van der Waals surface area contributed by atoms with Crippen molar-refractivity contribution in [3.8, 4) is 0 Å². The summed E-state index contributed by atoms with van der Waals surface area (Å²) in [6.07, 6.45) is 3.46. The van der Waals surface area contributed by atoms with Gasteiger partial charge in [0.15, 0.2) is 0 Å². The molecule has 16 heavy (non-hydrogen) atoms. The molecular weight excluding hydrogens is 202 g/mol. The van der Waals surface area contributed by atoms with Gasteiger partial charge in [0.25, 0.3) is 0 Å². The van der Waals surface area contributed by atoms with E-state index in [0.29, 0.717) is 5.82 Å². The van der Waals surface area contributed by atoms with Gasteiger partial charge in [-0.05, 0) is 31.2 Å². The van der Waals surface area contributed by atoms with Gasteiger partial charge in [-0.15, -0.1) is 0 Å².